The number of nitrogens with zero attached hydrogens (tertiary/aromatic N) is 1. The third-order valence-corrected chi connectivity index (χ3v) is 2.91. The number of aromatic carboxylic acids is 1. The van der Waals surface area contributed by atoms with E-state index >= 15 is 0 Å². The van der Waals surface area contributed by atoms with Crippen molar-refractivity contribution in [1.29, 1.82) is 0 Å². The number of nitrogens with one attached hydrogen (secondary N) is 1. The monoisotopic (exact) mass is 258 g/mol. The van der Waals surface area contributed by atoms with Crippen LogP contribution in [0.15, 0.2) is 0 Å². The third kappa shape index (κ3) is 4.03. The predicted octanol–water partition coefficient (Wildman–Crippen LogP) is 1.78. The summed E-state index contributed by atoms with van der Waals surface area (Å²) in [6.45, 7) is 5.28. The molecule has 0 bridgehead atoms. The lowest BCUT2D eigenvalue weighted by molar-refractivity contribution is 0.0701. The van der Waals surface area contributed by atoms with Crippen molar-refractivity contribution < 1.29 is 19.4 Å². The highest BCUT2D eigenvalue weighted by Gasteiger charge is 2.14. The van der Waals surface area contributed by atoms with Crippen molar-refractivity contribution in [1.82, 2.24) is 10.3 Å². The highest BCUT2D eigenvalue weighted by atomic mass is 32.1. The van der Waals surface area contributed by atoms with E-state index in [1.54, 1.807) is 20.8 Å². The molecule has 0 aromatic carbocycles. The molecule has 0 radical (unpaired) electrons. The summed E-state index contributed by atoms with van der Waals surface area (Å²) in [5, 5.41) is 11.9. The zero-order valence-corrected chi connectivity index (χ0v) is 10.6. The smallest absolute Gasteiger partial charge is 0.407 e. The van der Waals surface area contributed by atoms with Crippen molar-refractivity contribution in [3.8, 4) is 0 Å². The van der Waals surface area contributed by atoms with Gasteiger partial charge in [0.15, 0.2) is 0 Å². The fourth-order valence-electron chi connectivity index (χ4n) is 1.13. The number of hydrogen-bond donors (Lipinski definition) is 2. The van der Waals surface area contributed by atoms with E-state index < -0.39 is 12.1 Å². The Kier molecular flexibility index (Phi) is 4.45. The number of alkyl carbamates (subject to hydrolysis) is 1. The van der Waals surface area contributed by atoms with E-state index in [9.17, 15) is 9.59 Å². The maximum Gasteiger partial charge on any atom is 0.407 e. The second-order valence-corrected chi connectivity index (χ2v) is 4.72. The van der Waals surface area contributed by atoms with Crippen molar-refractivity contribution in [3.63, 3.8) is 0 Å². The van der Waals surface area contributed by atoms with Gasteiger partial charge in [-0.25, -0.2) is 14.6 Å². The first-order valence-electron chi connectivity index (χ1n) is 5.04. The molecule has 17 heavy (non-hydrogen) atoms. The normalized spacial score (nSPS) is 10.4. The molecule has 1 aromatic heterocycles. The number of carboxylic acid groups (broad SMARTS) is 1. The summed E-state index contributed by atoms with van der Waals surface area (Å²) in [4.78, 5) is 26.2. The summed E-state index contributed by atoms with van der Waals surface area (Å²) in [5.41, 5.74) is 0.455. The number of carboxylic acids is 1. The number of aryl methyl sites for hydroxylation is 1. The van der Waals surface area contributed by atoms with Crippen molar-refractivity contribution in [3.05, 3.63) is 15.6 Å². The molecule has 0 spiro atoms. The number of aromatic nitrogens is 1. The van der Waals surface area contributed by atoms with E-state index in [1.807, 2.05) is 0 Å². The van der Waals surface area contributed by atoms with Gasteiger partial charge in [0.1, 0.15) is 9.88 Å². The van der Waals surface area contributed by atoms with E-state index in [0.717, 1.165) is 11.3 Å². The Morgan fingerprint density at radius 1 is 1.53 bits per heavy atom. The molecule has 0 fully saturated rings. The van der Waals surface area contributed by atoms with E-state index in [-0.39, 0.29) is 17.5 Å². The number of carbonyl (C=O) groups is 2. The van der Waals surface area contributed by atoms with Crippen LogP contribution in [-0.2, 0) is 11.3 Å². The Hall–Kier alpha value is -1.63. The fraction of sp³-hybridized carbons (Fsp3) is 0.500. The number of amides is 1. The number of ether oxygens (including phenoxy) is 1. The number of thiazole rings is 1. The van der Waals surface area contributed by atoms with E-state index in [1.165, 1.54) is 0 Å². The first-order valence-corrected chi connectivity index (χ1v) is 5.86. The molecule has 0 saturated heterocycles. The number of carbonyl (C=O) groups excluding carboxylic acids is 1. The molecule has 1 aromatic rings. The molecule has 2 N–H and O–H groups in total. The molecule has 1 amide bonds. The summed E-state index contributed by atoms with van der Waals surface area (Å²) in [5.74, 6) is -1.00. The van der Waals surface area contributed by atoms with Gasteiger partial charge in [0.05, 0.1) is 18.3 Å². The zero-order chi connectivity index (χ0) is 13.0. The van der Waals surface area contributed by atoms with E-state index in [2.05, 4.69) is 10.3 Å². The minimum atomic E-state index is -1.00. The topological polar surface area (TPSA) is 88.5 Å². The van der Waals surface area contributed by atoms with Crippen LogP contribution in [-0.4, -0.2) is 28.3 Å². The van der Waals surface area contributed by atoms with Gasteiger partial charge in [0.25, 0.3) is 0 Å². The quantitative estimate of drug-likeness (QED) is 0.859. The van der Waals surface area contributed by atoms with Crippen LogP contribution < -0.4 is 5.32 Å². The van der Waals surface area contributed by atoms with Crippen LogP contribution >= 0.6 is 11.3 Å². The zero-order valence-electron chi connectivity index (χ0n) is 9.81. The van der Waals surface area contributed by atoms with Crippen molar-refractivity contribution >= 4 is 23.4 Å². The molecule has 0 aliphatic carbocycles. The molecule has 0 unspecified atom stereocenters. The third-order valence-electron chi connectivity index (χ3n) is 1.76. The maximum atomic E-state index is 11.2. The Labute approximate surface area is 103 Å². The summed E-state index contributed by atoms with van der Waals surface area (Å²) in [6.07, 6.45) is -0.729. The highest BCUT2D eigenvalue weighted by Crippen LogP contribution is 2.17. The van der Waals surface area contributed by atoms with Gasteiger partial charge in [-0.3, -0.25) is 0 Å². The average molecular weight is 258 g/mol. The van der Waals surface area contributed by atoms with Gasteiger partial charge < -0.3 is 15.2 Å². The van der Waals surface area contributed by atoms with Gasteiger partial charge in [-0.15, -0.1) is 11.3 Å². The van der Waals surface area contributed by atoms with Crippen molar-refractivity contribution in [2.75, 3.05) is 0 Å². The minimum Gasteiger partial charge on any atom is -0.477 e. The number of rotatable bonds is 4. The SMILES string of the molecule is Cc1nc(CNC(=O)OC(C)C)sc1C(=O)O. The molecule has 6 nitrogen and oxygen atoms in total. The van der Waals surface area contributed by atoms with E-state index in [4.69, 9.17) is 9.84 Å². The van der Waals surface area contributed by atoms with Gasteiger partial charge >= 0.3 is 12.1 Å². The largest absolute Gasteiger partial charge is 0.477 e. The van der Waals surface area contributed by atoms with Crippen LogP contribution in [0.2, 0.25) is 0 Å². The molecule has 1 heterocycles. The molecule has 1 rings (SSSR count). The molecular formula is C10H14N2O4S. The van der Waals surface area contributed by atoms with Crippen molar-refractivity contribution in [2.45, 2.75) is 33.4 Å². The fourth-order valence-corrected chi connectivity index (χ4v) is 1.97. The lowest BCUT2D eigenvalue weighted by atomic mass is 10.4. The minimum absolute atomic E-state index is 0.171. The van der Waals surface area contributed by atoms with Crippen molar-refractivity contribution in [2.24, 2.45) is 0 Å². The Bertz CT molecular complexity index is 428. The lowest BCUT2D eigenvalue weighted by Gasteiger charge is -2.07. The van der Waals surface area contributed by atoms with Crippen LogP contribution in [0.1, 0.15) is 34.2 Å². The standard InChI is InChI=1S/C10H14N2O4S/c1-5(2)16-10(15)11-4-7-12-6(3)8(17-7)9(13)14/h5H,4H2,1-3H3,(H,11,15)(H,13,14). The summed E-state index contributed by atoms with van der Waals surface area (Å²) >= 11 is 1.05. The molecule has 0 atom stereocenters. The summed E-state index contributed by atoms with van der Waals surface area (Å²) in [6, 6.07) is 0. The molecule has 0 saturated carbocycles. The van der Waals surface area contributed by atoms with Crippen LogP contribution in [0, 0.1) is 6.92 Å². The second-order valence-electron chi connectivity index (χ2n) is 3.63. The van der Waals surface area contributed by atoms with Crippen LogP contribution in [0.4, 0.5) is 4.79 Å². The summed E-state index contributed by atoms with van der Waals surface area (Å²) < 4.78 is 4.87. The van der Waals surface area contributed by atoms with Gasteiger partial charge in [-0.2, -0.15) is 0 Å². The first kappa shape index (κ1) is 13.4. The van der Waals surface area contributed by atoms with E-state index in [0.29, 0.717) is 10.7 Å². The average Bonchev–Trinajstić information content (AvgIpc) is 2.56. The van der Waals surface area contributed by atoms with Gasteiger partial charge in [-0.05, 0) is 20.8 Å². The maximum absolute atomic E-state index is 11.2. The molecule has 94 valence electrons. The number of hydrogen-bond acceptors (Lipinski definition) is 5. The second kappa shape index (κ2) is 5.62. The highest BCUT2D eigenvalue weighted by molar-refractivity contribution is 7.13. The van der Waals surface area contributed by atoms with Crippen LogP contribution in [0.25, 0.3) is 0 Å². The molecule has 0 aliphatic rings. The van der Waals surface area contributed by atoms with Gasteiger partial charge in [0, 0.05) is 0 Å². The summed E-state index contributed by atoms with van der Waals surface area (Å²) in [7, 11) is 0. The Morgan fingerprint density at radius 2 is 2.18 bits per heavy atom. The first-order chi connectivity index (χ1) is 7.90. The van der Waals surface area contributed by atoms with Crippen LogP contribution in [0.5, 0.6) is 0 Å². The van der Waals surface area contributed by atoms with Gasteiger partial charge in [0.2, 0.25) is 0 Å². The lowest BCUT2D eigenvalue weighted by Crippen LogP contribution is -2.26. The van der Waals surface area contributed by atoms with Gasteiger partial charge in [-0.1, -0.05) is 0 Å². The molecule has 7 heteroatoms. The Balaban J connectivity index is 2.55. The molecular weight excluding hydrogens is 244 g/mol. The predicted molar refractivity (Wildman–Crippen MR) is 62.3 cm³/mol. The van der Waals surface area contributed by atoms with Crippen LogP contribution in [0.3, 0.4) is 0 Å². The Morgan fingerprint density at radius 3 is 2.65 bits per heavy atom. The molecule has 0 aliphatic heterocycles.